The summed E-state index contributed by atoms with van der Waals surface area (Å²) in [6.45, 7) is 2.17. The Morgan fingerprint density at radius 2 is 1.19 bits per heavy atom. The highest BCUT2D eigenvalue weighted by Crippen LogP contribution is 2.09. The maximum Gasteiger partial charge on any atom is 0.302 e. The lowest BCUT2D eigenvalue weighted by Crippen LogP contribution is -2.60. The first kappa shape index (κ1) is 18.8. The molecule has 0 saturated heterocycles. The molecule has 0 atom stereocenters. The van der Waals surface area contributed by atoms with Gasteiger partial charge in [0.2, 0.25) is 5.91 Å². The van der Waals surface area contributed by atoms with E-state index in [1.165, 1.54) is 20.8 Å². The molecule has 3 N–H and O–H groups in total. The molecule has 0 aromatic rings. The summed E-state index contributed by atoms with van der Waals surface area (Å²) < 4.78 is 14.5. The Labute approximate surface area is 122 Å². The number of nitrogens with two attached hydrogens (primary N) is 1. The minimum atomic E-state index is -1.39. The van der Waals surface area contributed by atoms with Crippen LogP contribution in [-0.4, -0.2) is 55.7 Å². The Kier molecular flexibility index (Phi) is 7.99. The predicted molar refractivity (Wildman–Crippen MR) is 69.8 cm³/mol. The Morgan fingerprint density at radius 3 is 1.43 bits per heavy atom. The van der Waals surface area contributed by atoms with E-state index in [0.717, 1.165) is 0 Å². The van der Waals surface area contributed by atoms with Crippen molar-refractivity contribution in [2.45, 2.75) is 26.3 Å². The molecule has 9 heteroatoms. The van der Waals surface area contributed by atoms with Gasteiger partial charge < -0.3 is 25.3 Å². The number of carbonyl (C=O) groups is 4. The minimum absolute atomic E-state index is 0.331. The lowest BCUT2D eigenvalue weighted by atomic mass is 10.0. The molecule has 0 saturated carbocycles. The van der Waals surface area contributed by atoms with Crippen LogP contribution in [0.3, 0.4) is 0 Å². The number of ether oxygens (including phenoxy) is 3. The fourth-order valence-corrected chi connectivity index (χ4v) is 1.30. The fraction of sp³-hybridized carbons (Fsp3) is 0.667. The SMILES string of the molecule is CC(=O)OCC(COC(C)=O)(COC(C)=O)NC(=O)CN. The van der Waals surface area contributed by atoms with Crippen LogP contribution in [0.1, 0.15) is 20.8 Å². The highest BCUT2D eigenvalue weighted by atomic mass is 16.6. The molecule has 0 aliphatic heterocycles. The van der Waals surface area contributed by atoms with Crippen molar-refractivity contribution in [1.82, 2.24) is 5.32 Å². The monoisotopic (exact) mass is 304 g/mol. The maximum absolute atomic E-state index is 11.5. The van der Waals surface area contributed by atoms with Crippen molar-refractivity contribution in [2.24, 2.45) is 5.73 Å². The molecule has 0 aliphatic carbocycles. The second kappa shape index (κ2) is 8.90. The third-order valence-electron chi connectivity index (χ3n) is 2.25. The van der Waals surface area contributed by atoms with Crippen LogP contribution in [-0.2, 0) is 33.4 Å². The van der Waals surface area contributed by atoms with Gasteiger partial charge in [0, 0.05) is 20.8 Å². The molecular formula is C12H20N2O7. The molecule has 0 heterocycles. The van der Waals surface area contributed by atoms with Crippen LogP contribution in [0.5, 0.6) is 0 Å². The smallest absolute Gasteiger partial charge is 0.302 e. The van der Waals surface area contributed by atoms with Gasteiger partial charge in [0.05, 0.1) is 6.54 Å². The Bertz CT molecular complexity index is 363. The van der Waals surface area contributed by atoms with Gasteiger partial charge in [0.1, 0.15) is 25.4 Å². The molecule has 1 amide bonds. The molecule has 0 radical (unpaired) electrons. The molecule has 0 bridgehead atoms. The summed E-state index contributed by atoms with van der Waals surface area (Å²) in [6.07, 6.45) is 0. The molecule has 0 aromatic carbocycles. The van der Waals surface area contributed by atoms with Crippen molar-refractivity contribution in [3.63, 3.8) is 0 Å². The van der Waals surface area contributed by atoms with E-state index in [0.29, 0.717) is 0 Å². The fourth-order valence-electron chi connectivity index (χ4n) is 1.30. The Balaban J connectivity index is 5.11. The zero-order chi connectivity index (χ0) is 16.5. The van der Waals surface area contributed by atoms with E-state index in [1.807, 2.05) is 0 Å². The van der Waals surface area contributed by atoms with Gasteiger partial charge in [0.15, 0.2) is 0 Å². The van der Waals surface area contributed by atoms with Gasteiger partial charge in [-0.25, -0.2) is 0 Å². The van der Waals surface area contributed by atoms with Crippen LogP contribution in [0.4, 0.5) is 0 Å². The quantitative estimate of drug-likeness (QED) is 0.408. The van der Waals surface area contributed by atoms with Gasteiger partial charge >= 0.3 is 17.9 Å². The van der Waals surface area contributed by atoms with Gasteiger partial charge in [-0.05, 0) is 0 Å². The van der Waals surface area contributed by atoms with Crippen LogP contribution in [0.25, 0.3) is 0 Å². The van der Waals surface area contributed by atoms with Gasteiger partial charge in [-0.3, -0.25) is 19.2 Å². The molecule has 0 spiro atoms. The van der Waals surface area contributed by atoms with Crippen LogP contribution >= 0.6 is 0 Å². The van der Waals surface area contributed by atoms with E-state index < -0.39 is 29.4 Å². The summed E-state index contributed by atoms with van der Waals surface area (Å²) in [5, 5.41) is 2.45. The zero-order valence-electron chi connectivity index (χ0n) is 12.3. The van der Waals surface area contributed by atoms with E-state index >= 15 is 0 Å². The maximum atomic E-state index is 11.5. The summed E-state index contributed by atoms with van der Waals surface area (Å²) in [5.74, 6) is -2.40. The number of carbonyl (C=O) groups excluding carboxylic acids is 4. The second-order valence-electron chi connectivity index (χ2n) is 4.37. The van der Waals surface area contributed by atoms with E-state index in [4.69, 9.17) is 19.9 Å². The molecule has 0 rings (SSSR count). The number of rotatable bonds is 8. The van der Waals surface area contributed by atoms with Crippen molar-refractivity contribution in [3.05, 3.63) is 0 Å². The summed E-state index contributed by atoms with van der Waals surface area (Å²) in [6, 6.07) is 0. The van der Waals surface area contributed by atoms with Crippen molar-refractivity contribution < 1.29 is 33.4 Å². The Morgan fingerprint density at radius 1 is 0.857 bits per heavy atom. The van der Waals surface area contributed by atoms with Crippen LogP contribution < -0.4 is 11.1 Å². The second-order valence-corrected chi connectivity index (χ2v) is 4.37. The van der Waals surface area contributed by atoms with Crippen molar-refractivity contribution in [3.8, 4) is 0 Å². The van der Waals surface area contributed by atoms with E-state index in [9.17, 15) is 19.2 Å². The summed E-state index contributed by atoms with van der Waals surface area (Å²) in [7, 11) is 0. The number of amides is 1. The van der Waals surface area contributed by atoms with E-state index in [-0.39, 0.29) is 26.4 Å². The number of hydrogen-bond acceptors (Lipinski definition) is 8. The first-order valence-electron chi connectivity index (χ1n) is 6.12. The van der Waals surface area contributed by atoms with E-state index in [1.54, 1.807) is 0 Å². The first-order valence-corrected chi connectivity index (χ1v) is 6.12. The number of esters is 3. The minimum Gasteiger partial charge on any atom is -0.463 e. The first-order chi connectivity index (χ1) is 9.70. The molecule has 0 aromatic heterocycles. The van der Waals surface area contributed by atoms with Crippen LogP contribution in [0.15, 0.2) is 0 Å². The lowest BCUT2D eigenvalue weighted by Gasteiger charge is -2.32. The average molecular weight is 304 g/mol. The highest BCUT2D eigenvalue weighted by Gasteiger charge is 2.36. The summed E-state index contributed by atoms with van der Waals surface area (Å²) in [5.41, 5.74) is 3.82. The van der Waals surface area contributed by atoms with Crippen molar-refractivity contribution in [1.29, 1.82) is 0 Å². The molecule has 0 fully saturated rings. The van der Waals surface area contributed by atoms with Gasteiger partial charge in [-0.2, -0.15) is 0 Å². The molecular weight excluding hydrogens is 284 g/mol. The molecule has 21 heavy (non-hydrogen) atoms. The summed E-state index contributed by atoms with van der Waals surface area (Å²) in [4.78, 5) is 44.3. The van der Waals surface area contributed by atoms with Gasteiger partial charge in [0.25, 0.3) is 0 Å². The van der Waals surface area contributed by atoms with Gasteiger partial charge in [-0.1, -0.05) is 0 Å². The third kappa shape index (κ3) is 8.58. The third-order valence-corrected chi connectivity index (χ3v) is 2.25. The van der Waals surface area contributed by atoms with E-state index in [2.05, 4.69) is 5.32 Å². The largest absolute Gasteiger partial charge is 0.463 e. The Hall–Kier alpha value is -2.16. The zero-order valence-corrected chi connectivity index (χ0v) is 12.3. The molecule has 9 nitrogen and oxygen atoms in total. The average Bonchev–Trinajstić information content (AvgIpc) is 2.40. The molecule has 0 aliphatic rings. The van der Waals surface area contributed by atoms with Crippen molar-refractivity contribution >= 4 is 23.8 Å². The van der Waals surface area contributed by atoms with Crippen LogP contribution in [0.2, 0.25) is 0 Å². The lowest BCUT2D eigenvalue weighted by molar-refractivity contribution is -0.156. The van der Waals surface area contributed by atoms with Crippen molar-refractivity contribution in [2.75, 3.05) is 26.4 Å². The standard InChI is InChI=1S/C12H20N2O7/c1-8(15)19-5-12(6-20-9(2)16,7-21-10(3)17)14-11(18)4-13/h4-7,13H2,1-3H3,(H,14,18). The predicted octanol–water partition coefficient (Wildman–Crippen LogP) is -1.51. The molecule has 0 unspecified atom stereocenters. The van der Waals surface area contributed by atoms with Crippen LogP contribution in [0, 0.1) is 0 Å². The number of nitrogens with one attached hydrogen (secondary N) is 1. The highest BCUT2D eigenvalue weighted by molar-refractivity contribution is 5.79. The normalized spacial score (nSPS) is 10.5. The summed E-state index contributed by atoms with van der Waals surface area (Å²) >= 11 is 0. The molecule has 120 valence electrons. The number of hydrogen-bond donors (Lipinski definition) is 2. The topological polar surface area (TPSA) is 134 Å². The van der Waals surface area contributed by atoms with Gasteiger partial charge in [-0.15, -0.1) is 0 Å².